The maximum atomic E-state index is 12.2. The molecule has 2 aliphatic rings. The zero-order chi connectivity index (χ0) is 16.4. The molecule has 6 heteroatoms. The van der Waals surface area contributed by atoms with Crippen molar-refractivity contribution in [2.24, 2.45) is 11.7 Å². The van der Waals surface area contributed by atoms with E-state index in [4.69, 9.17) is 10.5 Å². The second kappa shape index (κ2) is 6.40. The fraction of sp³-hybridized carbons (Fsp3) is 0.471. The number of rotatable bonds is 4. The largest absolute Gasteiger partial charge is 0.484 e. The second-order valence-corrected chi connectivity index (χ2v) is 6.09. The highest BCUT2D eigenvalue weighted by molar-refractivity contribution is 6.00. The van der Waals surface area contributed by atoms with E-state index in [2.05, 4.69) is 0 Å². The van der Waals surface area contributed by atoms with E-state index < -0.39 is 0 Å². The maximum absolute atomic E-state index is 12.2. The molecule has 0 saturated carbocycles. The number of piperidine rings is 1. The van der Waals surface area contributed by atoms with Crippen molar-refractivity contribution in [2.45, 2.75) is 25.7 Å². The number of ketones is 1. The fourth-order valence-electron chi connectivity index (χ4n) is 3.16. The lowest BCUT2D eigenvalue weighted by molar-refractivity contribution is -0.136. The van der Waals surface area contributed by atoms with Crippen molar-refractivity contribution in [2.75, 3.05) is 19.7 Å². The van der Waals surface area contributed by atoms with Crippen LogP contribution in [0.2, 0.25) is 0 Å². The molecule has 0 spiro atoms. The lowest BCUT2D eigenvalue weighted by Gasteiger charge is -2.30. The van der Waals surface area contributed by atoms with Crippen LogP contribution < -0.4 is 10.5 Å². The second-order valence-electron chi connectivity index (χ2n) is 6.09. The highest BCUT2D eigenvalue weighted by atomic mass is 16.5. The van der Waals surface area contributed by atoms with Crippen LogP contribution in [0.3, 0.4) is 0 Å². The summed E-state index contributed by atoms with van der Waals surface area (Å²) in [6.45, 7) is 0.991. The van der Waals surface area contributed by atoms with E-state index in [-0.39, 0.29) is 30.1 Å². The van der Waals surface area contributed by atoms with Crippen molar-refractivity contribution in [3.05, 3.63) is 29.3 Å². The average molecular weight is 316 g/mol. The number of Topliss-reactive ketones (excluding diaryl/α,β-unsaturated/α-hetero) is 1. The first-order chi connectivity index (χ1) is 11.0. The van der Waals surface area contributed by atoms with Crippen LogP contribution in [0.15, 0.2) is 18.2 Å². The van der Waals surface area contributed by atoms with Crippen molar-refractivity contribution >= 4 is 17.6 Å². The SMILES string of the molecule is NC(=O)C1CCN(C(=O)COc2ccc3c(c2)C(=O)CC3)CC1. The lowest BCUT2D eigenvalue weighted by atomic mass is 9.96. The third-order valence-electron chi connectivity index (χ3n) is 4.62. The Balaban J connectivity index is 1.53. The van der Waals surface area contributed by atoms with Crippen molar-refractivity contribution < 1.29 is 19.1 Å². The number of carbonyl (C=O) groups excluding carboxylic acids is 3. The zero-order valence-corrected chi connectivity index (χ0v) is 12.9. The quantitative estimate of drug-likeness (QED) is 0.894. The summed E-state index contributed by atoms with van der Waals surface area (Å²) in [5.74, 6) is 0.128. The minimum absolute atomic E-state index is 0.0613. The number of hydrogen-bond donors (Lipinski definition) is 1. The number of likely N-dealkylation sites (tertiary alicyclic amines) is 1. The molecule has 0 aromatic heterocycles. The van der Waals surface area contributed by atoms with Gasteiger partial charge in [0.2, 0.25) is 5.91 Å². The molecule has 0 radical (unpaired) electrons. The molecule has 1 aliphatic carbocycles. The van der Waals surface area contributed by atoms with Gasteiger partial charge in [0.1, 0.15) is 5.75 Å². The Bertz CT molecular complexity index is 648. The van der Waals surface area contributed by atoms with Gasteiger partial charge in [-0.2, -0.15) is 0 Å². The maximum Gasteiger partial charge on any atom is 0.260 e. The summed E-state index contributed by atoms with van der Waals surface area (Å²) in [7, 11) is 0. The van der Waals surface area contributed by atoms with Crippen molar-refractivity contribution in [1.82, 2.24) is 4.90 Å². The topological polar surface area (TPSA) is 89.7 Å². The van der Waals surface area contributed by atoms with Gasteiger partial charge in [0.15, 0.2) is 12.4 Å². The van der Waals surface area contributed by atoms with Crippen LogP contribution in [0.5, 0.6) is 5.75 Å². The van der Waals surface area contributed by atoms with Crippen LogP contribution in [0.4, 0.5) is 0 Å². The van der Waals surface area contributed by atoms with E-state index in [9.17, 15) is 14.4 Å². The molecule has 1 fully saturated rings. The summed E-state index contributed by atoms with van der Waals surface area (Å²) in [5.41, 5.74) is 7.03. The highest BCUT2D eigenvalue weighted by Gasteiger charge is 2.26. The van der Waals surface area contributed by atoms with E-state index in [0.29, 0.717) is 43.7 Å². The Morgan fingerprint density at radius 3 is 2.65 bits per heavy atom. The summed E-state index contributed by atoms with van der Waals surface area (Å²) in [4.78, 5) is 36.7. The minimum atomic E-state index is -0.295. The number of benzene rings is 1. The summed E-state index contributed by atoms with van der Waals surface area (Å²) in [5, 5.41) is 0. The molecule has 23 heavy (non-hydrogen) atoms. The smallest absolute Gasteiger partial charge is 0.260 e. The summed E-state index contributed by atoms with van der Waals surface area (Å²) < 4.78 is 5.53. The first kappa shape index (κ1) is 15.5. The number of nitrogens with zero attached hydrogens (tertiary/aromatic N) is 1. The van der Waals surface area contributed by atoms with Crippen LogP contribution in [0.25, 0.3) is 0 Å². The normalized spacial score (nSPS) is 17.9. The molecule has 2 amide bonds. The van der Waals surface area contributed by atoms with E-state index >= 15 is 0 Å². The van der Waals surface area contributed by atoms with Crippen molar-refractivity contribution in [3.8, 4) is 5.75 Å². The van der Waals surface area contributed by atoms with Gasteiger partial charge in [0.25, 0.3) is 5.91 Å². The number of ether oxygens (including phenoxy) is 1. The number of fused-ring (bicyclic) bond motifs is 1. The van der Waals surface area contributed by atoms with Crippen LogP contribution in [0, 0.1) is 5.92 Å². The van der Waals surface area contributed by atoms with Crippen molar-refractivity contribution in [1.29, 1.82) is 0 Å². The third kappa shape index (κ3) is 3.36. The fourth-order valence-corrected chi connectivity index (χ4v) is 3.16. The van der Waals surface area contributed by atoms with Crippen LogP contribution in [0.1, 0.15) is 35.2 Å². The van der Waals surface area contributed by atoms with Gasteiger partial charge in [-0.05, 0) is 37.0 Å². The van der Waals surface area contributed by atoms with Crippen molar-refractivity contribution in [3.63, 3.8) is 0 Å². The first-order valence-electron chi connectivity index (χ1n) is 7.90. The van der Waals surface area contributed by atoms with E-state index in [0.717, 1.165) is 12.0 Å². The molecule has 1 aromatic rings. The number of primary amides is 1. The van der Waals surface area contributed by atoms with Gasteiger partial charge in [-0.1, -0.05) is 6.07 Å². The summed E-state index contributed by atoms with van der Waals surface area (Å²) in [6, 6.07) is 5.40. The molecule has 0 unspecified atom stereocenters. The lowest BCUT2D eigenvalue weighted by Crippen LogP contribution is -2.43. The van der Waals surface area contributed by atoms with Crippen LogP contribution >= 0.6 is 0 Å². The molecule has 1 aromatic carbocycles. The molecule has 0 bridgehead atoms. The number of amides is 2. The number of nitrogens with two attached hydrogens (primary N) is 1. The van der Waals surface area contributed by atoms with Crippen LogP contribution in [-0.4, -0.2) is 42.2 Å². The average Bonchev–Trinajstić information content (AvgIpc) is 2.93. The Morgan fingerprint density at radius 2 is 1.96 bits per heavy atom. The highest BCUT2D eigenvalue weighted by Crippen LogP contribution is 2.26. The molecular weight excluding hydrogens is 296 g/mol. The molecule has 122 valence electrons. The molecule has 1 heterocycles. The molecule has 6 nitrogen and oxygen atoms in total. The zero-order valence-electron chi connectivity index (χ0n) is 12.9. The van der Waals surface area contributed by atoms with Gasteiger partial charge >= 0.3 is 0 Å². The van der Waals surface area contributed by atoms with E-state index in [1.807, 2.05) is 6.07 Å². The minimum Gasteiger partial charge on any atom is -0.484 e. The molecule has 2 N–H and O–H groups in total. The Hall–Kier alpha value is -2.37. The Labute approximate surface area is 134 Å². The summed E-state index contributed by atoms with van der Waals surface area (Å²) in [6.07, 6.45) is 2.54. The monoisotopic (exact) mass is 316 g/mol. The number of carbonyl (C=O) groups is 3. The van der Waals surface area contributed by atoms with Crippen LogP contribution in [-0.2, 0) is 16.0 Å². The number of aryl methyl sites for hydroxylation is 1. The number of hydrogen-bond acceptors (Lipinski definition) is 4. The predicted octanol–water partition coefficient (Wildman–Crippen LogP) is 0.918. The van der Waals surface area contributed by atoms with E-state index in [1.165, 1.54) is 0 Å². The predicted molar refractivity (Wildman–Crippen MR) is 83.1 cm³/mol. The van der Waals surface area contributed by atoms with E-state index in [1.54, 1.807) is 17.0 Å². The molecule has 0 atom stereocenters. The summed E-state index contributed by atoms with van der Waals surface area (Å²) >= 11 is 0. The van der Waals surface area contributed by atoms with Gasteiger partial charge in [-0.25, -0.2) is 0 Å². The molecule has 1 aliphatic heterocycles. The van der Waals surface area contributed by atoms with Gasteiger partial charge in [0, 0.05) is 31.0 Å². The molecule has 3 rings (SSSR count). The first-order valence-corrected chi connectivity index (χ1v) is 7.90. The molecule has 1 saturated heterocycles. The molecular formula is C17H20N2O4. The van der Waals surface area contributed by atoms with Gasteiger partial charge in [-0.15, -0.1) is 0 Å². The van der Waals surface area contributed by atoms with Gasteiger partial charge < -0.3 is 15.4 Å². The standard InChI is InChI=1S/C17H20N2O4/c18-17(22)12-5-7-19(8-6-12)16(21)10-23-13-3-1-11-2-4-15(20)14(11)9-13/h1,3,9,12H,2,4-8,10H2,(H2,18,22). The third-order valence-corrected chi connectivity index (χ3v) is 4.62. The Morgan fingerprint density at radius 1 is 1.22 bits per heavy atom. The van der Waals surface area contributed by atoms with Gasteiger partial charge in [0.05, 0.1) is 0 Å². The van der Waals surface area contributed by atoms with Gasteiger partial charge in [-0.3, -0.25) is 14.4 Å². The Kier molecular flexibility index (Phi) is 4.32.